The second-order valence-electron chi connectivity index (χ2n) is 6.50. The van der Waals surface area contributed by atoms with Crippen LogP contribution >= 0.6 is 12.4 Å². The number of fused-ring (bicyclic) bond motifs is 1. The van der Waals surface area contributed by atoms with Crippen LogP contribution in [-0.4, -0.2) is 25.0 Å². The smallest absolute Gasteiger partial charge is 0.00159 e. The van der Waals surface area contributed by atoms with Gasteiger partial charge in [0.1, 0.15) is 0 Å². The van der Waals surface area contributed by atoms with Gasteiger partial charge in [0.25, 0.3) is 0 Å². The van der Waals surface area contributed by atoms with Crippen molar-refractivity contribution in [3.05, 3.63) is 41.0 Å². The molecule has 3 rings (SSSR count). The molecular weight excluding hydrogens is 254 g/mol. The van der Waals surface area contributed by atoms with Crippen molar-refractivity contribution in [3.63, 3.8) is 0 Å². The SMILES string of the molecule is CN1CCC(=C2c3ccccc3CC2(C)C)CC1.Cl. The van der Waals surface area contributed by atoms with E-state index in [-0.39, 0.29) is 12.4 Å². The zero-order chi connectivity index (χ0) is 12.8. The third kappa shape index (κ3) is 2.59. The van der Waals surface area contributed by atoms with E-state index in [2.05, 4.69) is 50.1 Å². The molecule has 0 bridgehead atoms. The minimum absolute atomic E-state index is 0. The summed E-state index contributed by atoms with van der Waals surface area (Å²) in [7, 11) is 2.23. The normalized spacial score (nSPS) is 22.1. The quantitative estimate of drug-likeness (QED) is 0.688. The second kappa shape index (κ2) is 5.30. The van der Waals surface area contributed by atoms with Gasteiger partial charge < -0.3 is 4.90 Å². The maximum Gasteiger partial charge on any atom is 0.00159 e. The Bertz CT molecular complexity index is 492. The molecule has 1 aliphatic heterocycles. The fraction of sp³-hybridized carbons (Fsp3) is 0.529. The first-order valence-electron chi connectivity index (χ1n) is 7.07. The van der Waals surface area contributed by atoms with Crippen LogP contribution in [0.2, 0.25) is 0 Å². The molecule has 1 heterocycles. The van der Waals surface area contributed by atoms with E-state index in [0.29, 0.717) is 5.41 Å². The van der Waals surface area contributed by atoms with Gasteiger partial charge in [-0.3, -0.25) is 0 Å². The molecule has 1 aliphatic carbocycles. The van der Waals surface area contributed by atoms with Gasteiger partial charge in [-0.15, -0.1) is 12.4 Å². The van der Waals surface area contributed by atoms with E-state index in [1.165, 1.54) is 37.9 Å². The molecule has 2 aliphatic rings. The van der Waals surface area contributed by atoms with Gasteiger partial charge in [-0.25, -0.2) is 0 Å². The summed E-state index contributed by atoms with van der Waals surface area (Å²) in [6.07, 6.45) is 3.71. The lowest BCUT2D eigenvalue weighted by atomic mass is 9.80. The van der Waals surface area contributed by atoms with Gasteiger partial charge in [-0.1, -0.05) is 43.7 Å². The maximum absolute atomic E-state index is 2.44. The zero-order valence-electron chi connectivity index (χ0n) is 12.2. The van der Waals surface area contributed by atoms with Crippen LogP contribution in [0.5, 0.6) is 0 Å². The lowest BCUT2D eigenvalue weighted by Crippen LogP contribution is -2.27. The van der Waals surface area contributed by atoms with Gasteiger partial charge in [0.15, 0.2) is 0 Å². The molecule has 0 aromatic heterocycles. The predicted octanol–water partition coefficient (Wildman–Crippen LogP) is 4.17. The summed E-state index contributed by atoms with van der Waals surface area (Å²) in [5, 5.41) is 0. The van der Waals surface area contributed by atoms with Crippen molar-refractivity contribution in [1.82, 2.24) is 4.90 Å². The first-order chi connectivity index (χ1) is 8.58. The fourth-order valence-electron chi connectivity index (χ4n) is 3.65. The molecule has 0 unspecified atom stereocenters. The summed E-state index contributed by atoms with van der Waals surface area (Å²) in [5.74, 6) is 0. The molecule has 19 heavy (non-hydrogen) atoms. The highest BCUT2D eigenvalue weighted by Crippen LogP contribution is 2.49. The molecule has 0 spiro atoms. The van der Waals surface area contributed by atoms with Crippen molar-refractivity contribution in [3.8, 4) is 0 Å². The van der Waals surface area contributed by atoms with Crippen LogP contribution in [0.3, 0.4) is 0 Å². The number of hydrogen-bond acceptors (Lipinski definition) is 1. The van der Waals surface area contributed by atoms with E-state index < -0.39 is 0 Å². The Morgan fingerprint density at radius 2 is 1.68 bits per heavy atom. The number of allylic oxidation sites excluding steroid dienone is 1. The maximum atomic E-state index is 2.44. The van der Waals surface area contributed by atoms with Crippen LogP contribution in [0.4, 0.5) is 0 Å². The molecule has 1 aromatic carbocycles. The summed E-state index contributed by atoms with van der Waals surface area (Å²) in [6, 6.07) is 9.00. The minimum Gasteiger partial charge on any atom is -0.306 e. The average molecular weight is 278 g/mol. The first-order valence-corrected chi connectivity index (χ1v) is 7.07. The average Bonchev–Trinajstić information content (AvgIpc) is 2.60. The van der Waals surface area contributed by atoms with Gasteiger partial charge in [0.2, 0.25) is 0 Å². The highest BCUT2D eigenvalue weighted by atomic mass is 35.5. The van der Waals surface area contributed by atoms with E-state index in [0.717, 1.165) is 0 Å². The summed E-state index contributed by atoms with van der Waals surface area (Å²) in [4.78, 5) is 2.44. The van der Waals surface area contributed by atoms with Gasteiger partial charge in [0.05, 0.1) is 0 Å². The van der Waals surface area contributed by atoms with E-state index >= 15 is 0 Å². The van der Waals surface area contributed by atoms with Crippen LogP contribution in [0.25, 0.3) is 5.57 Å². The van der Waals surface area contributed by atoms with E-state index in [4.69, 9.17) is 0 Å². The summed E-state index contributed by atoms with van der Waals surface area (Å²) in [6.45, 7) is 7.26. The second-order valence-corrected chi connectivity index (χ2v) is 6.50. The molecule has 0 N–H and O–H groups in total. The van der Waals surface area contributed by atoms with Crippen molar-refractivity contribution >= 4 is 18.0 Å². The van der Waals surface area contributed by atoms with Crippen molar-refractivity contribution in [2.24, 2.45) is 5.41 Å². The van der Waals surface area contributed by atoms with Crippen LogP contribution in [-0.2, 0) is 6.42 Å². The van der Waals surface area contributed by atoms with Crippen molar-refractivity contribution in [1.29, 1.82) is 0 Å². The fourth-order valence-corrected chi connectivity index (χ4v) is 3.65. The molecule has 0 atom stereocenters. The lowest BCUT2D eigenvalue weighted by Gasteiger charge is -2.30. The zero-order valence-corrected chi connectivity index (χ0v) is 13.0. The molecule has 1 saturated heterocycles. The Hall–Kier alpha value is -0.790. The first kappa shape index (κ1) is 14.6. The molecule has 1 aromatic rings. The number of rotatable bonds is 0. The van der Waals surface area contributed by atoms with Crippen LogP contribution in [0.15, 0.2) is 29.8 Å². The van der Waals surface area contributed by atoms with Crippen LogP contribution in [0, 0.1) is 5.41 Å². The predicted molar refractivity (Wildman–Crippen MR) is 84.8 cm³/mol. The summed E-state index contributed by atoms with van der Waals surface area (Å²) >= 11 is 0. The van der Waals surface area contributed by atoms with Gasteiger partial charge >= 0.3 is 0 Å². The third-order valence-corrected chi connectivity index (χ3v) is 4.54. The summed E-state index contributed by atoms with van der Waals surface area (Å²) in [5.41, 5.74) is 6.77. The molecule has 1 nitrogen and oxygen atoms in total. The Kier molecular flexibility index (Phi) is 4.08. The molecule has 0 saturated carbocycles. The van der Waals surface area contributed by atoms with E-state index in [1.807, 2.05) is 0 Å². The Balaban J connectivity index is 0.00000133. The van der Waals surface area contributed by atoms with Gasteiger partial charge in [0, 0.05) is 13.1 Å². The number of hydrogen-bond donors (Lipinski definition) is 0. The number of piperidine rings is 1. The minimum atomic E-state index is 0. The molecule has 0 amide bonds. The lowest BCUT2D eigenvalue weighted by molar-refractivity contribution is 0.311. The van der Waals surface area contributed by atoms with Crippen LogP contribution in [0.1, 0.15) is 37.8 Å². The third-order valence-electron chi connectivity index (χ3n) is 4.54. The molecule has 104 valence electrons. The number of benzene rings is 1. The largest absolute Gasteiger partial charge is 0.306 e. The van der Waals surface area contributed by atoms with Crippen molar-refractivity contribution in [2.75, 3.05) is 20.1 Å². The highest BCUT2D eigenvalue weighted by molar-refractivity contribution is 5.85. The Morgan fingerprint density at radius 3 is 2.37 bits per heavy atom. The standard InChI is InChI=1S/C17H23N.ClH/c1-17(2)12-14-6-4-5-7-15(14)16(17)13-8-10-18(3)11-9-13;/h4-7H,8-12H2,1-3H3;1H. The van der Waals surface area contributed by atoms with Crippen molar-refractivity contribution < 1.29 is 0 Å². The molecule has 2 heteroatoms. The summed E-state index contributed by atoms with van der Waals surface area (Å²) < 4.78 is 0. The van der Waals surface area contributed by atoms with E-state index in [1.54, 1.807) is 16.7 Å². The van der Waals surface area contributed by atoms with Crippen LogP contribution < -0.4 is 0 Å². The monoisotopic (exact) mass is 277 g/mol. The number of halogens is 1. The van der Waals surface area contributed by atoms with Gasteiger partial charge in [-0.05, 0) is 48.4 Å². The Morgan fingerprint density at radius 1 is 1.05 bits per heavy atom. The topological polar surface area (TPSA) is 3.24 Å². The molecule has 1 fully saturated rings. The van der Waals surface area contributed by atoms with E-state index in [9.17, 15) is 0 Å². The molecular formula is C17H24ClN. The van der Waals surface area contributed by atoms with Crippen molar-refractivity contribution in [2.45, 2.75) is 33.1 Å². The van der Waals surface area contributed by atoms with Gasteiger partial charge in [-0.2, -0.15) is 0 Å². The molecule has 0 radical (unpaired) electrons. The highest BCUT2D eigenvalue weighted by Gasteiger charge is 2.35. The Labute approximate surface area is 123 Å². The number of nitrogens with zero attached hydrogens (tertiary/aromatic N) is 1. The number of likely N-dealkylation sites (tertiary alicyclic amines) is 1.